The molecule has 0 amide bonds. The largest absolute Gasteiger partial charge is 0.392 e. The lowest BCUT2D eigenvalue weighted by Crippen LogP contribution is -2.08. The van der Waals surface area contributed by atoms with Gasteiger partial charge in [-0.05, 0) is 24.1 Å². The van der Waals surface area contributed by atoms with E-state index in [1.54, 1.807) is 6.20 Å². The van der Waals surface area contributed by atoms with Gasteiger partial charge in [0.25, 0.3) is 0 Å². The third-order valence-electron chi connectivity index (χ3n) is 3.42. The second-order valence-electron chi connectivity index (χ2n) is 4.71. The molecule has 0 fully saturated rings. The number of aliphatic hydroxyl groups is 1. The highest BCUT2D eigenvalue weighted by Crippen LogP contribution is 2.18. The second kappa shape index (κ2) is 5.75. The smallest absolute Gasteiger partial charge is 0.131 e. The number of anilines is 1. The normalized spacial score (nSPS) is 10.8. The van der Waals surface area contributed by atoms with Crippen LogP contribution in [0.1, 0.15) is 11.1 Å². The summed E-state index contributed by atoms with van der Waals surface area (Å²) in [5.74, 6) is 0.759. The third kappa shape index (κ3) is 2.51. The van der Waals surface area contributed by atoms with E-state index < -0.39 is 0 Å². The van der Waals surface area contributed by atoms with E-state index in [1.807, 2.05) is 18.2 Å². The van der Waals surface area contributed by atoms with Crippen LogP contribution in [0, 0.1) is 0 Å². The number of nitrogens with zero attached hydrogens (tertiary/aromatic N) is 1. The molecule has 0 saturated heterocycles. The Morgan fingerprint density at radius 3 is 2.90 bits per heavy atom. The van der Waals surface area contributed by atoms with E-state index in [9.17, 15) is 5.11 Å². The molecule has 3 N–H and O–H groups in total. The molecule has 0 atom stereocenters. The quantitative estimate of drug-likeness (QED) is 0.666. The van der Waals surface area contributed by atoms with Crippen molar-refractivity contribution >= 4 is 16.7 Å². The van der Waals surface area contributed by atoms with Gasteiger partial charge in [0.1, 0.15) is 5.82 Å². The maximum atomic E-state index is 9.26. The third-order valence-corrected chi connectivity index (χ3v) is 3.42. The van der Waals surface area contributed by atoms with E-state index >= 15 is 0 Å². The van der Waals surface area contributed by atoms with Crippen LogP contribution in [-0.2, 0) is 13.0 Å². The summed E-state index contributed by atoms with van der Waals surface area (Å²) in [4.78, 5) is 7.53. The average molecular weight is 267 g/mol. The molecule has 2 heterocycles. The first-order valence-corrected chi connectivity index (χ1v) is 6.72. The fourth-order valence-electron chi connectivity index (χ4n) is 2.38. The van der Waals surface area contributed by atoms with Crippen LogP contribution in [0.3, 0.4) is 0 Å². The number of nitrogens with one attached hydrogen (secondary N) is 2. The molecule has 0 bridgehead atoms. The molecule has 4 heteroatoms. The number of aliphatic hydroxyl groups excluding tert-OH is 1. The Bertz CT molecular complexity index is 706. The summed E-state index contributed by atoms with van der Waals surface area (Å²) in [6.45, 7) is 0.787. The molecule has 1 aromatic carbocycles. The first-order chi connectivity index (χ1) is 9.88. The fourth-order valence-corrected chi connectivity index (χ4v) is 2.38. The number of aromatic amines is 1. The van der Waals surface area contributed by atoms with Gasteiger partial charge >= 0.3 is 0 Å². The number of hydrogen-bond donors (Lipinski definition) is 3. The number of rotatable bonds is 5. The van der Waals surface area contributed by atoms with Crippen molar-refractivity contribution < 1.29 is 5.11 Å². The zero-order valence-corrected chi connectivity index (χ0v) is 11.1. The molecule has 0 saturated carbocycles. The van der Waals surface area contributed by atoms with Crippen molar-refractivity contribution in [3.63, 3.8) is 0 Å². The summed E-state index contributed by atoms with van der Waals surface area (Å²) in [6.07, 6.45) is 4.69. The Morgan fingerprint density at radius 2 is 2.00 bits per heavy atom. The van der Waals surface area contributed by atoms with E-state index in [1.165, 1.54) is 10.9 Å². The summed E-state index contributed by atoms with van der Waals surface area (Å²) in [7, 11) is 0. The van der Waals surface area contributed by atoms with E-state index in [-0.39, 0.29) is 6.61 Å². The zero-order chi connectivity index (χ0) is 13.8. The number of H-pyrrole nitrogens is 1. The van der Waals surface area contributed by atoms with Crippen LogP contribution in [0.4, 0.5) is 5.82 Å². The van der Waals surface area contributed by atoms with Crippen LogP contribution in [-0.4, -0.2) is 21.6 Å². The van der Waals surface area contributed by atoms with Gasteiger partial charge in [-0.1, -0.05) is 24.3 Å². The Labute approximate surface area is 117 Å². The van der Waals surface area contributed by atoms with E-state index in [2.05, 4.69) is 39.7 Å². The number of aromatic nitrogens is 2. The van der Waals surface area contributed by atoms with Gasteiger partial charge in [0, 0.05) is 35.4 Å². The van der Waals surface area contributed by atoms with Crippen molar-refractivity contribution in [1.82, 2.24) is 9.97 Å². The van der Waals surface area contributed by atoms with Gasteiger partial charge in [-0.25, -0.2) is 4.98 Å². The molecule has 0 unspecified atom stereocenters. The molecule has 20 heavy (non-hydrogen) atoms. The van der Waals surface area contributed by atoms with Crippen LogP contribution < -0.4 is 5.32 Å². The van der Waals surface area contributed by atoms with Crippen LogP contribution >= 0.6 is 0 Å². The number of para-hydroxylation sites is 1. The molecule has 3 rings (SSSR count). The fraction of sp³-hybridized carbons (Fsp3) is 0.188. The minimum absolute atomic E-state index is 0.00323. The van der Waals surface area contributed by atoms with Crippen molar-refractivity contribution in [3.8, 4) is 0 Å². The average Bonchev–Trinajstić information content (AvgIpc) is 2.91. The van der Waals surface area contributed by atoms with Crippen molar-refractivity contribution in [1.29, 1.82) is 0 Å². The lowest BCUT2D eigenvalue weighted by atomic mass is 10.1. The van der Waals surface area contributed by atoms with Crippen LogP contribution in [0.5, 0.6) is 0 Å². The molecule has 102 valence electrons. The second-order valence-corrected chi connectivity index (χ2v) is 4.71. The molecule has 0 aliphatic rings. The Kier molecular flexibility index (Phi) is 3.65. The summed E-state index contributed by atoms with van der Waals surface area (Å²) in [5, 5.41) is 13.8. The highest BCUT2D eigenvalue weighted by Gasteiger charge is 2.04. The number of fused-ring (bicyclic) bond motifs is 1. The summed E-state index contributed by atoms with van der Waals surface area (Å²) in [6, 6.07) is 12.0. The SMILES string of the molecule is OCc1cccnc1NCCc1c[nH]c2ccccc12. The Morgan fingerprint density at radius 1 is 1.10 bits per heavy atom. The predicted molar refractivity (Wildman–Crippen MR) is 80.7 cm³/mol. The van der Waals surface area contributed by atoms with E-state index in [4.69, 9.17) is 0 Å². The highest BCUT2D eigenvalue weighted by atomic mass is 16.3. The molecule has 0 spiro atoms. The summed E-state index contributed by atoms with van der Waals surface area (Å²) >= 11 is 0. The van der Waals surface area contributed by atoms with Gasteiger partial charge in [-0.2, -0.15) is 0 Å². The molecule has 3 aromatic rings. The predicted octanol–water partition coefficient (Wildman–Crippen LogP) is 2.71. The van der Waals surface area contributed by atoms with E-state index in [0.717, 1.165) is 29.9 Å². The topological polar surface area (TPSA) is 60.9 Å². The van der Waals surface area contributed by atoms with Crippen molar-refractivity contribution in [2.24, 2.45) is 0 Å². The Hall–Kier alpha value is -2.33. The molecule has 4 nitrogen and oxygen atoms in total. The first-order valence-electron chi connectivity index (χ1n) is 6.72. The van der Waals surface area contributed by atoms with Crippen molar-refractivity contribution in [3.05, 3.63) is 59.9 Å². The zero-order valence-electron chi connectivity index (χ0n) is 11.1. The van der Waals surface area contributed by atoms with Gasteiger partial charge in [-0.3, -0.25) is 0 Å². The number of pyridine rings is 1. The molecule has 2 aromatic heterocycles. The van der Waals surface area contributed by atoms with Crippen LogP contribution in [0.2, 0.25) is 0 Å². The number of benzene rings is 1. The van der Waals surface area contributed by atoms with Gasteiger partial charge in [0.05, 0.1) is 6.61 Å². The first kappa shape index (κ1) is 12.7. The molecule has 0 radical (unpaired) electrons. The van der Waals surface area contributed by atoms with Gasteiger partial charge in [0.15, 0.2) is 0 Å². The summed E-state index contributed by atoms with van der Waals surface area (Å²) in [5.41, 5.74) is 3.28. The lowest BCUT2D eigenvalue weighted by Gasteiger charge is -2.08. The molecule has 0 aliphatic heterocycles. The monoisotopic (exact) mass is 267 g/mol. The maximum absolute atomic E-state index is 9.26. The minimum Gasteiger partial charge on any atom is -0.392 e. The standard InChI is InChI=1S/C16H17N3O/c20-11-13-4-3-8-17-16(13)18-9-7-12-10-19-15-6-2-1-5-14(12)15/h1-6,8,10,19-20H,7,9,11H2,(H,17,18). The van der Waals surface area contributed by atoms with Gasteiger partial charge in [0.2, 0.25) is 0 Å². The van der Waals surface area contributed by atoms with Crippen LogP contribution in [0.15, 0.2) is 48.8 Å². The van der Waals surface area contributed by atoms with Crippen LogP contribution in [0.25, 0.3) is 10.9 Å². The number of hydrogen-bond acceptors (Lipinski definition) is 3. The van der Waals surface area contributed by atoms with Crippen molar-refractivity contribution in [2.75, 3.05) is 11.9 Å². The Balaban J connectivity index is 1.68. The molecular weight excluding hydrogens is 250 g/mol. The maximum Gasteiger partial charge on any atom is 0.131 e. The van der Waals surface area contributed by atoms with Crippen molar-refractivity contribution in [2.45, 2.75) is 13.0 Å². The highest BCUT2D eigenvalue weighted by molar-refractivity contribution is 5.83. The minimum atomic E-state index is 0.00323. The summed E-state index contributed by atoms with van der Waals surface area (Å²) < 4.78 is 0. The van der Waals surface area contributed by atoms with E-state index in [0.29, 0.717) is 0 Å². The van der Waals surface area contributed by atoms with Gasteiger partial charge in [-0.15, -0.1) is 0 Å². The van der Waals surface area contributed by atoms with Gasteiger partial charge < -0.3 is 15.4 Å². The lowest BCUT2D eigenvalue weighted by molar-refractivity contribution is 0.282. The molecular formula is C16H17N3O. The molecule has 0 aliphatic carbocycles.